The molecule has 2 N–H and O–H groups in total. The second kappa shape index (κ2) is 7.02. The number of aliphatic hydroxyl groups excluding tert-OH is 1. The van der Waals surface area contributed by atoms with Crippen LogP contribution in [0.1, 0.15) is 27.6 Å². The third kappa shape index (κ3) is 4.71. The van der Waals surface area contributed by atoms with Crippen molar-refractivity contribution in [1.29, 1.82) is 0 Å². The Bertz CT molecular complexity index is 686. The first-order valence-corrected chi connectivity index (χ1v) is 7.04. The molecule has 0 fully saturated rings. The molecule has 122 valence electrons. The molecule has 0 saturated carbocycles. The van der Waals surface area contributed by atoms with E-state index in [4.69, 9.17) is 11.6 Å². The van der Waals surface area contributed by atoms with Crippen molar-refractivity contribution in [3.8, 4) is 0 Å². The van der Waals surface area contributed by atoms with Crippen LogP contribution in [0.5, 0.6) is 0 Å². The van der Waals surface area contributed by atoms with Crippen LogP contribution >= 0.6 is 11.6 Å². The predicted molar refractivity (Wildman–Crippen MR) is 80.2 cm³/mol. The molecule has 1 unspecified atom stereocenters. The van der Waals surface area contributed by atoms with E-state index in [2.05, 4.69) is 5.32 Å². The molecule has 2 aromatic rings. The molecule has 0 heterocycles. The summed E-state index contributed by atoms with van der Waals surface area (Å²) in [6.45, 7) is -0.128. The van der Waals surface area contributed by atoms with Gasteiger partial charge in [0.05, 0.1) is 11.7 Å². The van der Waals surface area contributed by atoms with Crippen molar-refractivity contribution >= 4 is 17.5 Å². The Hall–Kier alpha value is -2.05. The Morgan fingerprint density at radius 1 is 1.17 bits per heavy atom. The molecule has 0 spiro atoms. The molecule has 0 aliphatic rings. The first kappa shape index (κ1) is 17.3. The summed E-state index contributed by atoms with van der Waals surface area (Å²) in [7, 11) is 0. The van der Waals surface area contributed by atoms with Gasteiger partial charge in [0.1, 0.15) is 0 Å². The van der Waals surface area contributed by atoms with Gasteiger partial charge >= 0.3 is 6.18 Å². The van der Waals surface area contributed by atoms with Gasteiger partial charge in [-0.1, -0.05) is 29.8 Å². The van der Waals surface area contributed by atoms with Crippen LogP contribution in [0.15, 0.2) is 48.5 Å². The maximum Gasteiger partial charge on any atom is 0.416 e. The number of rotatable bonds is 4. The van der Waals surface area contributed by atoms with Crippen molar-refractivity contribution in [2.75, 3.05) is 6.54 Å². The molecule has 1 amide bonds. The lowest BCUT2D eigenvalue weighted by atomic mass is 10.1. The standard InChI is InChI=1S/C16H13ClF3NO2/c17-13-3-1-2-11(8-13)15(23)21-9-14(22)10-4-6-12(7-5-10)16(18,19)20/h1-8,14,22H,9H2,(H,21,23). The zero-order valence-corrected chi connectivity index (χ0v) is 12.5. The SMILES string of the molecule is O=C(NCC(O)c1ccc(C(F)(F)F)cc1)c1cccc(Cl)c1. The van der Waals surface area contributed by atoms with E-state index in [0.29, 0.717) is 10.6 Å². The average molecular weight is 344 g/mol. The lowest BCUT2D eigenvalue weighted by Crippen LogP contribution is -2.28. The van der Waals surface area contributed by atoms with Gasteiger partial charge in [0.15, 0.2) is 0 Å². The van der Waals surface area contributed by atoms with Crippen LogP contribution in [-0.4, -0.2) is 17.6 Å². The van der Waals surface area contributed by atoms with Crippen molar-refractivity contribution in [2.24, 2.45) is 0 Å². The van der Waals surface area contributed by atoms with E-state index < -0.39 is 23.8 Å². The normalized spacial score (nSPS) is 12.7. The summed E-state index contributed by atoms with van der Waals surface area (Å²) in [5, 5.41) is 12.8. The van der Waals surface area contributed by atoms with Gasteiger partial charge in [-0.2, -0.15) is 13.2 Å². The maximum atomic E-state index is 12.5. The van der Waals surface area contributed by atoms with Crippen molar-refractivity contribution in [3.05, 3.63) is 70.2 Å². The Morgan fingerprint density at radius 3 is 2.39 bits per heavy atom. The topological polar surface area (TPSA) is 49.3 Å². The zero-order chi connectivity index (χ0) is 17.0. The second-order valence-electron chi connectivity index (χ2n) is 4.86. The Balaban J connectivity index is 1.97. The van der Waals surface area contributed by atoms with E-state index in [9.17, 15) is 23.1 Å². The first-order chi connectivity index (χ1) is 10.8. The van der Waals surface area contributed by atoms with Crippen LogP contribution in [0.4, 0.5) is 13.2 Å². The Morgan fingerprint density at radius 2 is 1.83 bits per heavy atom. The number of benzene rings is 2. The lowest BCUT2D eigenvalue weighted by Gasteiger charge is -2.14. The van der Waals surface area contributed by atoms with Gasteiger partial charge in [-0.05, 0) is 35.9 Å². The number of halogens is 4. The number of alkyl halides is 3. The van der Waals surface area contributed by atoms with E-state index in [1.807, 2.05) is 0 Å². The van der Waals surface area contributed by atoms with Crippen molar-refractivity contribution < 1.29 is 23.1 Å². The maximum absolute atomic E-state index is 12.5. The molecule has 2 rings (SSSR count). The molecular formula is C16H13ClF3NO2. The van der Waals surface area contributed by atoms with Crippen LogP contribution in [0.3, 0.4) is 0 Å². The van der Waals surface area contributed by atoms with Crippen LogP contribution in [0.25, 0.3) is 0 Å². The summed E-state index contributed by atoms with van der Waals surface area (Å²) < 4.78 is 37.4. The Labute approximate surface area is 135 Å². The highest BCUT2D eigenvalue weighted by Crippen LogP contribution is 2.29. The summed E-state index contributed by atoms with van der Waals surface area (Å²) in [4.78, 5) is 11.9. The summed E-state index contributed by atoms with van der Waals surface area (Å²) in [5.41, 5.74) is -0.182. The highest BCUT2D eigenvalue weighted by molar-refractivity contribution is 6.30. The van der Waals surface area contributed by atoms with Gasteiger partial charge in [0, 0.05) is 17.1 Å². The highest BCUT2D eigenvalue weighted by Gasteiger charge is 2.30. The fraction of sp³-hybridized carbons (Fsp3) is 0.188. The van der Waals surface area contributed by atoms with E-state index in [-0.39, 0.29) is 12.1 Å². The highest BCUT2D eigenvalue weighted by atomic mass is 35.5. The minimum Gasteiger partial charge on any atom is -0.387 e. The monoisotopic (exact) mass is 343 g/mol. The van der Waals surface area contributed by atoms with Gasteiger partial charge < -0.3 is 10.4 Å². The molecule has 0 bridgehead atoms. The van der Waals surface area contributed by atoms with Gasteiger partial charge in [0.2, 0.25) is 0 Å². The smallest absolute Gasteiger partial charge is 0.387 e. The minimum absolute atomic E-state index is 0.128. The minimum atomic E-state index is -4.43. The number of carbonyl (C=O) groups excluding carboxylic acids is 1. The third-order valence-electron chi connectivity index (χ3n) is 3.17. The van der Waals surface area contributed by atoms with Crippen LogP contribution in [0, 0.1) is 0 Å². The van der Waals surface area contributed by atoms with Crippen LogP contribution in [0.2, 0.25) is 5.02 Å². The molecule has 0 radical (unpaired) electrons. The first-order valence-electron chi connectivity index (χ1n) is 6.66. The molecule has 0 aliphatic heterocycles. The number of hydrogen-bond donors (Lipinski definition) is 2. The molecule has 0 aromatic heterocycles. The second-order valence-corrected chi connectivity index (χ2v) is 5.29. The fourth-order valence-electron chi connectivity index (χ4n) is 1.93. The summed E-state index contributed by atoms with van der Waals surface area (Å²) in [6.07, 6.45) is -5.54. The average Bonchev–Trinajstić information content (AvgIpc) is 2.51. The van der Waals surface area contributed by atoms with Crippen molar-refractivity contribution in [2.45, 2.75) is 12.3 Å². The number of carbonyl (C=O) groups is 1. The van der Waals surface area contributed by atoms with E-state index in [1.165, 1.54) is 18.2 Å². The number of amides is 1. The van der Waals surface area contributed by atoms with Crippen LogP contribution < -0.4 is 5.32 Å². The summed E-state index contributed by atoms with van der Waals surface area (Å²) in [6, 6.07) is 10.4. The van der Waals surface area contributed by atoms with Crippen LogP contribution in [-0.2, 0) is 6.18 Å². The summed E-state index contributed by atoms with van der Waals surface area (Å²) >= 11 is 5.78. The van der Waals surface area contributed by atoms with Gasteiger partial charge in [0.25, 0.3) is 5.91 Å². The molecule has 0 saturated heterocycles. The number of aliphatic hydroxyl groups is 1. The predicted octanol–water partition coefficient (Wildman–Crippen LogP) is 3.82. The lowest BCUT2D eigenvalue weighted by molar-refractivity contribution is -0.137. The summed E-state index contributed by atoms with van der Waals surface area (Å²) in [5.74, 6) is -0.432. The third-order valence-corrected chi connectivity index (χ3v) is 3.40. The van der Waals surface area contributed by atoms with Crippen molar-refractivity contribution in [3.63, 3.8) is 0 Å². The van der Waals surface area contributed by atoms with Gasteiger partial charge in [-0.15, -0.1) is 0 Å². The molecule has 2 aromatic carbocycles. The molecule has 1 atom stereocenters. The number of hydrogen-bond acceptors (Lipinski definition) is 2. The number of nitrogens with one attached hydrogen (secondary N) is 1. The molecule has 0 aliphatic carbocycles. The molecule has 3 nitrogen and oxygen atoms in total. The van der Waals surface area contributed by atoms with Crippen molar-refractivity contribution in [1.82, 2.24) is 5.32 Å². The molecule has 7 heteroatoms. The van der Waals surface area contributed by atoms with Gasteiger partial charge in [-0.25, -0.2) is 0 Å². The zero-order valence-electron chi connectivity index (χ0n) is 11.8. The van der Waals surface area contributed by atoms with E-state index in [0.717, 1.165) is 12.1 Å². The van der Waals surface area contributed by atoms with E-state index >= 15 is 0 Å². The fourth-order valence-corrected chi connectivity index (χ4v) is 2.12. The molecular weight excluding hydrogens is 331 g/mol. The Kier molecular flexibility index (Phi) is 5.28. The quantitative estimate of drug-likeness (QED) is 0.886. The molecule has 23 heavy (non-hydrogen) atoms. The largest absolute Gasteiger partial charge is 0.416 e. The van der Waals surface area contributed by atoms with Gasteiger partial charge in [-0.3, -0.25) is 4.79 Å². The van der Waals surface area contributed by atoms with E-state index in [1.54, 1.807) is 18.2 Å².